The summed E-state index contributed by atoms with van der Waals surface area (Å²) in [6, 6.07) is 0. The number of halogens is 10. The Morgan fingerprint density at radius 3 is 0.929 bits per heavy atom. The smallest absolute Gasteiger partial charge is 0.194 e. The van der Waals surface area contributed by atoms with E-state index in [1.54, 1.807) is 0 Å². The van der Waals surface area contributed by atoms with E-state index in [9.17, 15) is 26.3 Å². The molecule has 0 aromatic heterocycles. The second kappa shape index (κ2) is 3.64. The molecule has 0 aliphatic heterocycles. The van der Waals surface area contributed by atoms with Crippen LogP contribution in [0.3, 0.4) is 0 Å². The third kappa shape index (κ3) is 2.28. The number of hydrogen-bond donors (Lipinski definition) is 0. The van der Waals surface area contributed by atoms with Crippen LogP contribution in [-0.4, -0.2) is 21.0 Å². The summed E-state index contributed by atoms with van der Waals surface area (Å²) in [5, 5.41) is -10.3. The lowest BCUT2D eigenvalue weighted by molar-refractivity contribution is -0.191. The van der Waals surface area contributed by atoms with Crippen LogP contribution in [0.2, 0.25) is 0 Å². The molecule has 0 nitrogen and oxygen atoms in total. The van der Waals surface area contributed by atoms with Gasteiger partial charge in [0.15, 0.2) is 0 Å². The normalized spacial score (nSPS) is 15.9. The molecular formula is C4Cl4F6. The van der Waals surface area contributed by atoms with Gasteiger partial charge in [-0.2, -0.15) is 26.3 Å². The zero-order chi connectivity index (χ0) is 12.0. The van der Waals surface area contributed by atoms with Gasteiger partial charge in [0.25, 0.3) is 4.33 Å². The van der Waals surface area contributed by atoms with Crippen molar-refractivity contribution in [2.24, 2.45) is 0 Å². The highest BCUT2D eigenvalue weighted by Crippen LogP contribution is 2.57. The van der Waals surface area contributed by atoms with Crippen LogP contribution >= 0.6 is 46.4 Å². The maximum Gasteiger partial charge on any atom is 0.387 e. The summed E-state index contributed by atoms with van der Waals surface area (Å²) in [4.78, 5) is 0. The zero-order valence-corrected chi connectivity index (χ0v) is 8.80. The largest absolute Gasteiger partial charge is 0.387 e. The van der Waals surface area contributed by atoms with Crippen molar-refractivity contribution < 1.29 is 26.3 Å². The van der Waals surface area contributed by atoms with Gasteiger partial charge in [0.05, 0.1) is 0 Å². The number of rotatable bonds is 3. The molecule has 0 atom stereocenters. The highest BCUT2D eigenvalue weighted by Gasteiger charge is 2.76. The lowest BCUT2D eigenvalue weighted by atomic mass is 10.2. The van der Waals surface area contributed by atoms with Crippen molar-refractivity contribution in [2.75, 3.05) is 0 Å². The average molecular weight is 304 g/mol. The average Bonchev–Trinajstić information content (AvgIpc) is 1.81. The predicted octanol–water partition coefficient (Wildman–Crippen LogP) is 4.46. The fraction of sp³-hybridized carbons (Fsp3) is 1.00. The Labute approximate surface area is 94.0 Å². The van der Waals surface area contributed by atoms with Gasteiger partial charge in [0, 0.05) is 0 Å². The Kier molecular flexibility index (Phi) is 3.84. The van der Waals surface area contributed by atoms with Gasteiger partial charge in [0.2, 0.25) is 0 Å². The van der Waals surface area contributed by atoms with Gasteiger partial charge in [-0.25, -0.2) is 0 Å². The first-order valence-electron chi connectivity index (χ1n) is 2.64. The second-order valence-electron chi connectivity index (χ2n) is 2.14. The summed E-state index contributed by atoms with van der Waals surface area (Å²) >= 11 is 16.6. The Balaban J connectivity index is 5.30. The molecule has 0 aliphatic carbocycles. The maximum atomic E-state index is 12.5. The van der Waals surface area contributed by atoms with Crippen molar-refractivity contribution in [3.05, 3.63) is 0 Å². The molecule has 0 spiro atoms. The van der Waals surface area contributed by atoms with Gasteiger partial charge < -0.3 is 0 Å². The molecule has 0 saturated heterocycles. The molecule has 0 unspecified atom stereocenters. The Morgan fingerprint density at radius 2 is 0.857 bits per heavy atom. The second-order valence-corrected chi connectivity index (χ2v) is 4.42. The van der Waals surface area contributed by atoms with Gasteiger partial charge >= 0.3 is 16.7 Å². The van der Waals surface area contributed by atoms with Gasteiger partial charge in [-0.3, -0.25) is 0 Å². The molecule has 0 radical (unpaired) electrons. The molecule has 0 aromatic carbocycles. The van der Waals surface area contributed by atoms with Gasteiger partial charge in [-0.05, 0) is 23.2 Å². The molecule has 14 heavy (non-hydrogen) atoms. The van der Waals surface area contributed by atoms with E-state index in [0.717, 1.165) is 0 Å². The number of hydrogen-bond acceptors (Lipinski definition) is 0. The van der Waals surface area contributed by atoms with Gasteiger partial charge in [0.1, 0.15) is 0 Å². The zero-order valence-electron chi connectivity index (χ0n) is 5.78. The topological polar surface area (TPSA) is 0 Å². The van der Waals surface area contributed by atoms with E-state index >= 15 is 0 Å². The highest BCUT2D eigenvalue weighted by atomic mass is 35.5. The first-order valence-corrected chi connectivity index (χ1v) is 4.15. The van der Waals surface area contributed by atoms with Crippen molar-refractivity contribution in [2.45, 2.75) is 21.0 Å². The van der Waals surface area contributed by atoms with Crippen LogP contribution in [-0.2, 0) is 0 Å². The third-order valence-corrected chi connectivity index (χ3v) is 2.77. The minimum atomic E-state index is -5.60. The Bertz CT molecular complexity index is 191. The van der Waals surface area contributed by atoms with Crippen LogP contribution in [0.4, 0.5) is 26.3 Å². The number of alkyl halides is 10. The van der Waals surface area contributed by atoms with Crippen LogP contribution in [0, 0.1) is 0 Å². The summed E-state index contributed by atoms with van der Waals surface area (Å²) in [6.07, 6.45) is 0. The first-order chi connectivity index (χ1) is 5.75. The fourth-order valence-corrected chi connectivity index (χ4v) is 0.951. The molecule has 0 fully saturated rings. The van der Waals surface area contributed by atoms with E-state index in [1.165, 1.54) is 0 Å². The van der Waals surface area contributed by atoms with Crippen LogP contribution < -0.4 is 0 Å². The van der Waals surface area contributed by atoms with Crippen molar-refractivity contribution in [1.82, 2.24) is 0 Å². The summed E-state index contributed by atoms with van der Waals surface area (Å²) in [7, 11) is 0. The van der Waals surface area contributed by atoms with E-state index in [2.05, 4.69) is 46.4 Å². The molecule has 10 heteroatoms. The summed E-state index contributed by atoms with van der Waals surface area (Å²) in [5.41, 5.74) is 0. The molecule has 0 N–H and O–H groups in total. The summed E-state index contributed by atoms with van der Waals surface area (Å²) in [5.74, 6) is -5.60. The minimum Gasteiger partial charge on any atom is -0.194 e. The van der Waals surface area contributed by atoms with Gasteiger partial charge in [-0.1, -0.05) is 23.2 Å². The van der Waals surface area contributed by atoms with Crippen LogP contribution in [0.5, 0.6) is 0 Å². The lowest BCUT2D eigenvalue weighted by Crippen LogP contribution is -2.57. The monoisotopic (exact) mass is 302 g/mol. The van der Waals surface area contributed by atoms with E-state index in [0.29, 0.717) is 0 Å². The Morgan fingerprint density at radius 1 is 0.571 bits per heavy atom. The molecule has 0 heterocycles. The SMILES string of the molecule is FC(F)(Cl)C(F)(F)C(Cl)(Cl)C(F)(F)Cl. The van der Waals surface area contributed by atoms with Crippen LogP contribution in [0.1, 0.15) is 0 Å². The van der Waals surface area contributed by atoms with Crippen molar-refractivity contribution >= 4 is 46.4 Å². The van der Waals surface area contributed by atoms with Crippen LogP contribution in [0.15, 0.2) is 0 Å². The molecule has 0 bridgehead atoms. The quantitative estimate of drug-likeness (QED) is 0.533. The third-order valence-electron chi connectivity index (χ3n) is 1.11. The predicted molar refractivity (Wildman–Crippen MR) is 41.0 cm³/mol. The van der Waals surface area contributed by atoms with Crippen molar-refractivity contribution in [3.8, 4) is 0 Å². The molecule has 86 valence electrons. The molecule has 0 aliphatic rings. The summed E-state index contributed by atoms with van der Waals surface area (Å²) in [6.45, 7) is 0. The fourth-order valence-electron chi connectivity index (χ4n) is 0.356. The van der Waals surface area contributed by atoms with E-state index < -0.39 is 21.0 Å². The molecule has 0 aromatic rings. The standard InChI is InChI=1S/C4Cl4F6/c5-1(6,3(7,11)12)2(9,10)4(8,13)14. The maximum absolute atomic E-state index is 12.5. The van der Waals surface area contributed by atoms with Crippen LogP contribution in [0.25, 0.3) is 0 Å². The van der Waals surface area contributed by atoms with Crippen molar-refractivity contribution in [1.29, 1.82) is 0 Å². The minimum absolute atomic E-state index is 3.87. The summed E-state index contributed by atoms with van der Waals surface area (Å²) < 4.78 is 68.7. The van der Waals surface area contributed by atoms with Gasteiger partial charge in [-0.15, -0.1) is 0 Å². The molecular weight excluding hydrogens is 304 g/mol. The van der Waals surface area contributed by atoms with E-state index in [1.807, 2.05) is 0 Å². The van der Waals surface area contributed by atoms with Crippen molar-refractivity contribution in [3.63, 3.8) is 0 Å². The van der Waals surface area contributed by atoms with E-state index in [-0.39, 0.29) is 0 Å². The van der Waals surface area contributed by atoms with E-state index in [4.69, 9.17) is 0 Å². The Hall–Kier alpha value is 0.740. The first kappa shape index (κ1) is 14.7. The molecule has 0 rings (SSSR count). The molecule has 0 amide bonds. The lowest BCUT2D eigenvalue weighted by Gasteiger charge is -2.34. The molecule has 0 saturated carbocycles. The highest BCUT2D eigenvalue weighted by molar-refractivity contribution is 6.54.